The Bertz CT molecular complexity index is 1080. The van der Waals surface area contributed by atoms with Gasteiger partial charge >= 0.3 is 10.4 Å². The van der Waals surface area contributed by atoms with Crippen molar-refractivity contribution in [2.24, 2.45) is 0 Å². The van der Waals surface area contributed by atoms with Gasteiger partial charge in [-0.3, -0.25) is 14.1 Å². The van der Waals surface area contributed by atoms with Crippen LogP contribution in [0.5, 0.6) is 0 Å². The van der Waals surface area contributed by atoms with Crippen LogP contribution in [0.4, 0.5) is 0 Å². The van der Waals surface area contributed by atoms with E-state index < -0.39 is 134 Å². The number of carbonyl (C=O) groups is 2. The highest BCUT2D eigenvalue weighted by Crippen LogP contribution is 2.32. The van der Waals surface area contributed by atoms with Gasteiger partial charge in [-0.15, -0.1) is 0 Å². The summed E-state index contributed by atoms with van der Waals surface area (Å²) in [6.45, 7) is -0.692. The summed E-state index contributed by atoms with van der Waals surface area (Å²) in [7, 11) is -5.14. The van der Waals surface area contributed by atoms with Gasteiger partial charge in [0.15, 0.2) is 18.9 Å². The van der Waals surface area contributed by atoms with Crippen molar-refractivity contribution >= 4 is 22.2 Å². The van der Waals surface area contributed by atoms with Crippen LogP contribution in [0.1, 0.15) is 13.8 Å². The number of carbonyl (C=O) groups excluding carboxylic acids is 2. The maximum absolute atomic E-state index is 12.1. The average molecular weight is 667 g/mol. The Labute approximate surface area is 250 Å². The molecule has 0 aromatic carbocycles. The number of aliphatic hydroxyl groups is 8. The maximum atomic E-state index is 12.1. The van der Waals surface area contributed by atoms with Gasteiger partial charge in [-0.25, -0.2) is 4.18 Å². The van der Waals surface area contributed by atoms with Crippen molar-refractivity contribution in [1.29, 1.82) is 0 Å². The molecule has 256 valence electrons. The van der Waals surface area contributed by atoms with Crippen molar-refractivity contribution in [2.75, 3.05) is 19.8 Å². The molecule has 3 aliphatic heterocycles. The van der Waals surface area contributed by atoms with E-state index in [-0.39, 0.29) is 0 Å². The number of hydrogen-bond acceptors (Lipinski definition) is 18. The summed E-state index contributed by atoms with van der Waals surface area (Å²) in [5, 5.41) is 86.9. The third kappa shape index (κ3) is 8.75. The predicted molar refractivity (Wildman–Crippen MR) is 135 cm³/mol. The van der Waals surface area contributed by atoms with E-state index in [0.717, 1.165) is 13.8 Å². The molecule has 21 nitrogen and oxygen atoms in total. The van der Waals surface area contributed by atoms with Gasteiger partial charge in [0.25, 0.3) is 0 Å². The number of aliphatic hydroxyl groups excluding tert-OH is 8. The molecule has 1 unspecified atom stereocenters. The lowest BCUT2D eigenvalue weighted by Gasteiger charge is -2.49. The molecule has 22 heteroatoms. The number of hydrogen-bond donors (Lipinski definition) is 11. The first-order chi connectivity index (χ1) is 20.5. The lowest BCUT2D eigenvalue weighted by Crippen LogP contribution is -2.70. The van der Waals surface area contributed by atoms with Crippen LogP contribution < -0.4 is 10.6 Å². The molecular formula is C22H38N2O19S. The van der Waals surface area contributed by atoms with E-state index in [9.17, 15) is 58.9 Å². The Hall–Kier alpha value is -1.71. The maximum Gasteiger partial charge on any atom is 0.397 e. The number of rotatable bonds is 11. The summed E-state index contributed by atoms with van der Waals surface area (Å²) < 4.78 is 63.8. The van der Waals surface area contributed by atoms with Crippen molar-refractivity contribution in [1.82, 2.24) is 10.6 Å². The largest absolute Gasteiger partial charge is 0.397 e. The van der Waals surface area contributed by atoms with Gasteiger partial charge in [0, 0.05) is 13.8 Å². The molecule has 3 rings (SSSR count). The zero-order chi connectivity index (χ0) is 33.1. The number of amides is 2. The Balaban J connectivity index is 1.97. The quantitative estimate of drug-likeness (QED) is 0.0912. The van der Waals surface area contributed by atoms with E-state index in [1.165, 1.54) is 0 Å². The Morgan fingerprint density at radius 2 is 1.20 bits per heavy atom. The second kappa shape index (κ2) is 15.3. The molecule has 0 saturated carbocycles. The lowest BCUT2D eigenvalue weighted by molar-refractivity contribution is -0.358. The predicted octanol–water partition coefficient (Wildman–Crippen LogP) is -7.46. The molecule has 3 saturated heterocycles. The molecule has 0 aromatic rings. The van der Waals surface area contributed by atoms with Gasteiger partial charge in [-0.05, 0) is 0 Å². The van der Waals surface area contributed by atoms with Gasteiger partial charge in [-0.2, -0.15) is 8.42 Å². The Kier molecular flexibility index (Phi) is 12.7. The van der Waals surface area contributed by atoms with E-state index in [0.29, 0.717) is 0 Å². The van der Waals surface area contributed by atoms with Crippen LogP contribution in [0.2, 0.25) is 0 Å². The first-order valence-electron chi connectivity index (χ1n) is 13.2. The highest BCUT2D eigenvalue weighted by Gasteiger charge is 2.54. The van der Waals surface area contributed by atoms with E-state index in [2.05, 4.69) is 14.8 Å². The summed E-state index contributed by atoms with van der Waals surface area (Å²) >= 11 is 0. The average Bonchev–Trinajstić information content (AvgIpc) is 2.93. The molecule has 2 amide bonds. The fraction of sp³-hybridized carbons (Fsp3) is 0.909. The van der Waals surface area contributed by atoms with Crippen molar-refractivity contribution in [3.8, 4) is 0 Å². The van der Waals surface area contributed by atoms with Crippen LogP contribution in [-0.2, 0) is 47.9 Å². The fourth-order valence-corrected chi connectivity index (χ4v) is 5.31. The van der Waals surface area contributed by atoms with E-state index in [1.807, 2.05) is 0 Å². The molecular weight excluding hydrogens is 628 g/mol. The van der Waals surface area contributed by atoms with Gasteiger partial charge in [0.2, 0.25) is 11.8 Å². The van der Waals surface area contributed by atoms with Crippen LogP contribution >= 0.6 is 0 Å². The molecule has 0 aliphatic carbocycles. The van der Waals surface area contributed by atoms with E-state index in [1.54, 1.807) is 0 Å². The van der Waals surface area contributed by atoms with Gasteiger partial charge in [0.1, 0.15) is 73.1 Å². The molecule has 0 aromatic heterocycles. The topological polar surface area (TPSA) is 330 Å². The summed E-state index contributed by atoms with van der Waals surface area (Å²) in [6, 6.07) is -3.18. The zero-order valence-corrected chi connectivity index (χ0v) is 24.1. The fourth-order valence-electron chi connectivity index (χ4n) is 5.00. The summed E-state index contributed by atoms with van der Waals surface area (Å²) in [5.74, 6) is -1.50. The van der Waals surface area contributed by atoms with Crippen molar-refractivity contribution < 1.29 is 91.3 Å². The normalized spacial score (nSPS) is 43.3. The van der Waals surface area contributed by atoms with Crippen molar-refractivity contribution in [3.63, 3.8) is 0 Å². The van der Waals surface area contributed by atoms with Crippen LogP contribution in [0.3, 0.4) is 0 Å². The second-order valence-corrected chi connectivity index (χ2v) is 11.4. The monoisotopic (exact) mass is 666 g/mol. The summed E-state index contributed by atoms with van der Waals surface area (Å²) in [5.41, 5.74) is 0. The molecule has 15 atom stereocenters. The van der Waals surface area contributed by atoms with Crippen LogP contribution in [0.15, 0.2) is 0 Å². The first-order valence-corrected chi connectivity index (χ1v) is 14.6. The number of ether oxygens (including phenoxy) is 5. The molecule has 3 heterocycles. The Morgan fingerprint density at radius 1 is 0.682 bits per heavy atom. The summed E-state index contributed by atoms with van der Waals surface area (Å²) in [4.78, 5) is 23.9. The smallest absolute Gasteiger partial charge is 0.394 e. The third-order valence-electron chi connectivity index (χ3n) is 7.10. The first kappa shape index (κ1) is 36.8. The molecule has 3 fully saturated rings. The second-order valence-electron chi connectivity index (χ2n) is 10.3. The van der Waals surface area contributed by atoms with Gasteiger partial charge in [-0.1, -0.05) is 0 Å². The molecule has 44 heavy (non-hydrogen) atoms. The summed E-state index contributed by atoms with van der Waals surface area (Å²) in [6.07, 6.45) is -23.3. The molecule has 0 bridgehead atoms. The van der Waals surface area contributed by atoms with E-state index in [4.69, 9.17) is 28.2 Å². The molecule has 3 aliphatic rings. The minimum Gasteiger partial charge on any atom is -0.394 e. The molecule has 0 radical (unpaired) electrons. The highest BCUT2D eigenvalue weighted by atomic mass is 32.3. The number of nitrogens with one attached hydrogen (secondary N) is 2. The van der Waals surface area contributed by atoms with Crippen LogP contribution in [-0.4, -0.2) is 177 Å². The van der Waals surface area contributed by atoms with Crippen LogP contribution in [0.25, 0.3) is 0 Å². The van der Waals surface area contributed by atoms with Gasteiger partial charge in [0.05, 0.1) is 19.8 Å². The van der Waals surface area contributed by atoms with Crippen molar-refractivity contribution in [3.05, 3.63) is 0 Å². The minimum absolute atomic E-state index is 0.712. The lowest BCUT2D eigenvalue weighted by atomic mass is 9.94. The van der Waals surface area contributed by atoms with Crippen molar-refractivity contribution in [2.45, 2.75) is 106 Å². The molecule has 0 spiro atoms. The standard InChI is InChI=1S/C22H38N2O19S/c1-6(27)23-11-15(31)18(42-22-17(33)16(32)13(29)8(3-25)40-22)10(5-38-44(35,36)37)41-21(11)43-19-12(24-7(2)28)20(34)39-9(4-26)14(19)30/h8-22,25-26,29-34H,3-5H2,1-2H3,(H,23,27)(H,24,28)(H,35,36,37)/t8-,9-,10-,11-,12-,13+,14+,15-,16+,17-,18-,19-,20?,21+,22+/m1/s1. The highest BCUT2D eigenvalue weighted by molar-refractivity contribution is 7.80. The zero-order valence-electron chi connectivity index (χ0n) is 23.3. The van der Waals surface area contributed by atoms with Gasteiger partial charge < -0.3 is 75.2 Å². The SMILES string of the molecule is CC(=O)N[C@H]1[C@H](O[C@H]2[C@@H](O)[C@@H](CO)OC(O)[C@@H]2NC(C)=O)O[C@H](COS(=O)(=O)O)[C@@H](O[C@@H]2O[C@H](CO)[C@H](O)[C@H](O)[C@H]2O)[C@@H]1O. The minimum atomic E-state index is -5.14. The Morgan fingerprint density at radius 3 is 1.75 bits per heavy atom. The van der Waals surface area contributed by atoms with E-state index >= 15 is 0 Å². The molecule has 11 N–H and O–H groups in total. The third-order valence-corrected chi connectivity index (χ3v) is 7.53. The van der Waals surface area contributed by atoms with Crippen LogP contribution in [0, 0.1) is 0 Å².